The molecule has 0 spiro atoms. The van der Waals surface area contributed by atoms with Gasteiger partial charge < -0.3 is 20.5 Å². The van der Waals surface area contributed by atoms with Crippen molar-refractivity contribution in [2.75, 3.05) is 48.5 Å². The van der Waals surface area contributed by atoms with Crippen LogP contribution in [0, 0.1) is 0 Å². The van der Waals surface area contributed by atoms with Crippen molar-refractivity contribution >= 4 is 23.5 Å². The zero-order chi connectivity index (χ0) is 16.2. The molecular formula is C13H23N9O. The Morgan fingerprint density at radius 3 is 2.61 bits per heavy atom. The smallest absolute Gasteiger partial charge is 0.241 e. The minimum atomic E-state index is -0.0123. The van der Waals surface area contributed by atoms with E-state index in [1.165, 1.54) is 0 Å². The Bertz CT molecular complexity index is 530. The van der Waals surface area contributed by atoms with Crippen molar-refractivity contribution in [2.24, 2.45) is 11.7 Å². The maximum absolute atomic E-state index is 12.4. The van der Waals surface area contributed by atoms with E-state index in [0.29, 0.717) is 37.9 Å². The van der Waals surface area contributed by atoms with Gasteiger partial charge in [-0.05, 0) is 19.4 Å². The molecular weight excluding hydrogens is 298 g/mol. The Morgan fingerprint density at radius 2 is 2.00 bits per heavy atom. The van der Waals surface area contributed by atoms with Crippen LogP contribution < -0.4 is 32.8 Å². The van der Waals surface area contributed by atoms with Gasteiger partial charge >= 0.3 is 0 Å². The van der Waals surface area contributed by atoms with E-state index < -0.39 is 0 Å². The van der Waals surface area contributed by atoms with Gasteiger partial charge in [-0.2, -0.15) is 9.97 Å². The molecule has 3 rings (SSSR count). The summed E-state index contributed by atoms with van der Waals surface area (Å²) in [4.78, 5) is 24.8. The molecule has 1 aromatic heterocycles. The number of aromatic nitrogens is 2. The molecule has 1 unspecified atom stereocenters. The van der Waals surface area contributed by atoms with Gasteiger partial charge in [0.05, 0.1) is 6.04 Å². The normalized spacial score (nSPS) is 21.4. The summed E-state index contributed by atoms with van der Waals surface area (Å²) in [5.41, 5.74) is 4.93. The molecule has 2 aliphatic heterocycles. The van der Waals surface area contributed by atoms with Gasteiger partial charge in [-0.25, -0.2) is 11.7 Å². The first-order valence-corrected chi connectivity index (χ1v) is 7.80. The molecule has 2 aliphatic rings. The van der Waals surface area contributed by atoms with Crippen LogP contribution in [0.2, 0.25) is 0 Å². The van der Waals surface area contributed by atoms with E-state index in [0.717, 1.165) is 25.2 Å². The number of nitrogens with two attached hydrogens (primary N) is 2. The summed E-state index contributed by atoms with van der Waals surface area (Å²) in [5, 5.41) is 3.26. The van der Waals surface area contributed by atoms with Crippen LogP contribution in [-0.4, -0.2) is 59.5 Å². The lowest BCUT2D eigenvalue weighted by atomic mass is 10.2. The molecule has 2 fully saturated rings. The van der Waals surface area contributed by atoms with E-state index in [9.17, 15) is 4.79 Å². The van der Waals surface area contributed by atoms with Gasteiger partial charge in [0.15, 0.2) is 0 Å². The largest absolute Gasteiger partial charge is 0.353 e. The van der Waals surface area contributed by atoms with Crippen LogP contribution >= 0.6 is 0 Å². The first-order chi connectivity index (χ1) is 11.2. The molecule has 0 aromatic carbocycles. The highest BCUT2D eigenvalue weighted by molar-refractivity contribution is 5.82. The summed E-state index contributed by atoms with van der Waals surface area (Å²) >= 11 is 0. The second kappa shape index (κ2) is 6.94. The molecule has 1 aromatic rings. The third-order valence-electron chi connectivity index (χ3n) is 4.26. The maximum atomic E-state index is 12.4. The highest BCUT2D eigenvalue weighted by atomic mass is 16.2. The van der Waals surface area contributed by atoms with Crippen molar-refractivity contribution in [3.05, 3.63) is 6.07 Å². The molecule has 7 N–H and O–H groups in total. The summed E-state index contributed by atoms with van der Waals surface area (Å²) in [5.74, 6) is 12.5. The predicted molar refractivity (Wildman–Crippen MR) is 87.5 cm³/mol. The van der Waals surface area contributed by atoms with Crippen molar-refractivity contribution in [3.8, 4) is 0 Å². The van der Waals surface area contributed by atoms with Crippen LogP contribution in [0.4, 0.5) is 17.6 Å². The first kappa shape index (κ1) is 15.7. The van der Waals surface area contributed by atoms with Gasteiger partial charge in [0.25, 0.3) is 0 Å². The zero-order valence-corrected chi connectivity index (χ0v) is 13.0. The number of piperazine rings is 1. The topological polar surface area (TPSA) is 137 Å². The van der Waals surface area contributed by atoms with Crippen molar-refractivity contribution < 1.29 is 4.79 Å². The number of amides is 1. The number of hydrogen-bond acceptors (Lipinski definition) is 9. The molecule has 2 saturated heterocycles. The van der Waals surface area contributed by atoms with Crippen LogP contribution in [0.3, 0.4) is 0 Å². The Morgan fingerprint density at radius 1 is 1.22 bits per heavy atom. The van der Waals surface area contributed by atoms with Crippen LogP contribution in [0.1, 0.15) is 12.8 Å². The third kappa shape index (κ3) is 3.44. The molecule has 0 bridgehead atoms. The Labute approximate surface area is 134 Å². The van der Waals surface area contributed by atoms with Crippen LogP contribution in [-0.2, 0) is 4.79 Å². The molecule has 3 heterocycles. The van der Waals surface area contributed by atoms with E-state index in [4.69, 9.17) is 11.7 Å². The average molecular weight is 321 g/mol. The monoisotopic (exact) mass is 321 g/mol. The second-order valence-electron chi connectivity index (χ2n) is 5.68. The lowest BCUT2D eigenvalue weighted by Crippen LogP contribution is -2.53. The summed E-state index contributed by atoms with van der Waals surface area (Å²) < 4.78 is 0. The lowest BCUT2D eigenvalue weighted by Gasteiger charge is -2.36. The molecule has 10 nitrogen and oxygen atoms in total. The van der Waals surface area contributed by atoms with E-state index in [2.05, 4.69) is 31.0 Å². The summed E-state index contributed by atoms with van der Waals surface area (Å²) in [6.07, 6.45) is 2.00. The van der Waals surface area contributed by atoms with E-state index in [1.807, 2.05) is 4.90 Å². The Hall–Kier alpha value is -2.17. The standard InChI is InChI=1S/C13H23N9O/c14-19-10-8-11(18-13(17-10)20-15)21-4-6-22(7-5-21)12(23)9-2-1-3-16-9/h8-9,16H,1-7,14-15H2,(H2,17,18,19,20). The number of carbonyl (C=O) groups is 1. The first-order valence-electron chi connectivity index (χ1n) is 7.80. The van der Waals surface area contributed by atoms with Crippen LogP contribution in [0.25, 0.3) is 0 Å². The minimum Gasteiger partial charge on any atom is -0.353 e. The summed E-state index contributed by atoms with van der Waals surface area (Å²) in [7, 11) is 0. The third-order valence-corrected chi connectivity index (χ3v) is 4.26. The number of nitrogens with one attached hydrogen (secondary N) is 3. The summed E-state index contributed by atoms with van der Waals surface area (Å²) in [6.45, 7) is 3.71. The number of nitrogens with zero attached hydrogens (tertiary/aromatic N) is 4. The number of nitrogen functional groups attached to an aromatic ring is 2. The van der Waals surface area contributed by atoms with Crippen molar-refractivity contribution in [3.63, 3.8) is 0 Å². The minimum absolute atomic E-state index is 0.0123. The number of hydrazine groups is 2. The Balaban J connectivity index is 1.63. The van der Waals surface area contributed by atoms with Crippen molar-refractivity contribution in [1.82, 2.24) is 20.2 Å². The molecule has 0 aliphatic carbocycles. The molecule has 0 radical (unpaired) electrons. The summed E-state index contributed by atoms with van der Waals surface area (Å²) in [6, 6.07) is 1.75. The lowest BCUT2D eigenvalue weighted by molar-refractivity contribution is -0.133. The van der Waals surface area contributed by atoms with E-state index in [-0.39, 0.29) is 11.9 Å². The molecule has 1 amide bonds. The molecule has 126 valence electrons. The molecule has 10 heteroatoms. The second-order valence-corrected chi connectivity index (χ2v) is 5.68. The quantitative estimate of drug-likeness (QED) is 0.329. The predicted octanol–water partition coefficient (Wildman–Crippen LogP) is -1.55. The molecule has 0 saturated carbocycles. The van der Waals surface area contributed by atoms with Crippen LogP contribution in [0.15, 0.2) is 6.07 Å². The molecule has 23 heavy (non-hydrogen) atoms. The van der Waals surface area contributed by atoms with E-state index >= 15 is 0 Å². The highest BCUT2D eigenvalue weighted by Crippen LogP contribution is 2.19. The van der Waals surface area contributed by atoms with Gasteiger partial charge in [0.1, 0.15) is 11.6 Å². The fraction of sp³-hybridized carbons (Fsp3) is 0.615. The van der Waals surface area contributed by atoms with Gasteiger partial charge in [-0.15, -0.1) is 0 Å². The van der Waals surface area contributed by atoms with E-state index in [1.54, 1.807) is 6.07 Å². The van der Waals surface area contributed by atoms with Gasteiger partial charge in [0.2, 0.25) is 11.9 Å². The van der Waals surface area contributed by atoms with Crippen LogP contribution in [0.5, 0.6) is 0 Å². The Kier molecular flexibility index (Phi) is 4.74. The number of rotatable bonds is 4. The van der Waals surface area contributed by atoms with Gasteiger partial charge in [0, 0.05) is 32.2 Å². The number of carbonyl (C=O) groups excluding carboxylic acids is 1. The average Bonchev–Trinajstić information content (AvgIpc) is 3.15. The van der Waals surface area contributed by atoms with Crippen molar-refractivity contribution in [1.29, 1.82) is 0 Å². The number of hydrogen-bond donors (Lipinski definition) is 5. The highest BCUT2D eigenvalue weighted by Gasteiger charge is 2.29. The fourth-order valence-electron chi connectivity index (χ4n) is 3.01. The molecule has 1 atom stereocenters. The van der Waals surface area contributed by atoms with Crippen molar-refractivity contribution in [2.45, 2.75) is 18.9 Å². The van der Waals surface area contributed by atoms with Gasteiger partial charge in [-0.3, -0.25) is 10.2 Å². The van der Waals surface area contributed by atoms with Gasteiger partial charge in [-0.1, -0.05) is 0 Å². The maximum Gasteiger partial charge on any atom is 0.241 e. The zero-order valence-electron chi connectivity index (χ0n) is 13.0. The fourth-order valence-corrected chi connectivity index (χ4v) is 3.01. The SMILES string of the molecule is NNc1cc(N2CCN(C(=O)C3CCCN3)CC2)nc(NN)n1. The number of anilines is 3.